The molecule has 1 unspecified atom stereocenters. The van der Waals surface area contributed by atoms with Crippen LogP contribution in [-0.2, 0) is 29.7 Å². The molecule has 0 spiro atoms. The van der Waals surface area contributed by atoms with E-state index < -0.39 is 78.0 Å². The van der Waals surface area contributed by atoms with E-state index in [2.05, 4.69) is 0 Å². The minimum atomic E-state index is -7.08. The lowest BCUT2D eigenvalue weighted by molar-refractivity contribution is -0.247. The number of rotatable bonds is 8. The van der Waals surface area contributed by atoms with E-state index in [0.717, 1.165) is 0 Å². The summed E-state index contributed by atoms with van der Waals surface area (Å²) in [5.41, 5.74) is 0. The predicted molar refractivity (Wildman–Crippen MR) is 98.7 cm³/mol. The van der Waals surface area contributed by atoms with Gasteiger partial charge in [0.15, 0.2) is 0 Å². The first kappa shape index (κ1) is 27.6. The Hall–Kier alpha value is -0.400. The van der Waals surface area contributed by atoms with Crippen molar-refractivity contribution in [3.63, 3.8) is 0 Å². The van der Waals surface area contributed by atoms with Crippen LogP contribution in [0.1, 0.15) is 33.1 Å². The standard InChI is InChI=1S/C13H18F6INO7S2/c1-3-10(2,20)9(22)28-8-4-6-21(7-5-8)29(23,24)12(16,17)11(14,15)13(18,19)30(25,26)27/h8H,3-7H2,1-2H3,(H,25,26,27). The van der Waals surface area contributed by atoms with Crippen molar-refractivity contribution in [2.45, 2.75) is 59.1 Å². The maximum absolute atomic E-state index is 14.0. The second kappa shape index (κ2) is 8.51. The molecule has 1 aliphatic rings. The molecule has 0 aliphatic carbocycles. The molecule has 0 amide bonds. The molecule has 1 fully saturated rings. The number of carbonyl (C=O) groups excluding carboxylic acids is 1. The van der Waals surface area contributed by atoms with Crippen molar-refractivity contribution in [2.75, 3.05) is 13.1 Å². The van der Waals surface area contributed by atoms with Gasteiger partial charge in [-0.3, -0.25) is 9.35 Å². The number of halogens is 7. The zero-order chi connectivity index (χ0) is 24.0. The second-order valence-electron chi connectivity index (χ2n) is 6.64. The number of esters is 1. The molecule has 30 heavy (non-hydrogen) atoms. The van der Waals surface area contributed by atoms with Gasteiger partial charge >= 0.3 is 32.5 Å². The third-order valence-corrected chi connectivity index (χ3v) is 8.54. The summed E-state index contributed by atoms with van der Waals surface area (Å²) < 4.78 is 139. The van der Waals surface area contributed by atoms with E-state index in [4.69, 9.17) is 9.29 Å². The monoisotopic (exact) mass is 605 g/mol. The first-order valence-corrected chi connectivity index (χ1v) is 12.1. The van der Waals surface area contributed by atoms with Crippen LogP contribution < -0.4 is 0 Å². The molecule has 0 radical (unpaired) electrons. The van der Waals surface area contributed by atoms with E-state index in [9.17, 15) is 48.0 Å². The van der Waals surface area contributed by atoms with Crippen molar-refractivity contribution >= 4 is 48.7 Å². The Balaban J connectivity index is 3.05. The molecule has 1 rings (SSSR count). The summed E-state index contributed by atoms with van der Waals surface area (Å²) in [5.74, 6) is -7.66. The predicted octanol–water partition coefficient (Wildman–Crippen LogP) is 2.64. The molecule has 178 valence electrons. The van der Waals surface area contributed by atoms with Crippen molar-refractivity contribution < 1.29 is 57.3 Å². The van der Waals surface area contributed by atoms with Crippen molar-refractivity contribution in [1.82, 2.24) is 4.31 Å². The van der Waals surface area contributed by atoms with Crippen LogP contribution in [0.15, 0.2) is 0 Å². The highest BCUT2D eigenvalue weighted by Gasteiger charge is 2.82. The van der Waals surface area contributed by atoms with Gasteiger partial charge in [-0.15, -0.1) is 0 Å². The normalized spacial score (nSPS) is 20.6. The van der Waals surface area contributed by atoms with E-state index in [1.807, 2.05) is 22.6 Å². The number of piperidine rings is 1. The molecule has 1 heterocycles. The van der Waals surface area contributed by atoms with Gasteiger partial charge in [0.25, 0.3) is 10.0 Å². The van der Waals surface area contributed by atoms with Crippen LogP contribution in [0.4, 0.5) is 26.3 Å². The molecule has 0 aromatic rings. The Morgan fingerprint density at radius 2 is 1.50 bits per heavy atom. The van der Waals surface area contributed by atoms with Crippen LogP contribution in [0.2, 0.25) is 0 Å². The summed E-state index contributed by atoms with van der Waals surface area (Å²) in [6, 6.07) is 0. The maximum atomic E-state index is 14.0. The third kappa shape index (κ3) is 4.68. The van der Waals surface area contributed by atoms with E-state index in [1.54, 1.807) is 13.8 Å². The molecule has 8 nitrogen and oxygen atoms in total. The second-order valence-corrected chi connectivity index (χ2v) is 12.5. The van der Waals surface area contributed by atoms with Gasteiger partial charge in [-0.2, -0.15) is 39.1 Å². The summed E-state index contributed by atoms with van der Waals surface area (Å²) in [6.45, 7) is 1.47. The van der Waals surface area contributed by atoms with Crippen LogP contribution in [-0.4, -0.2) is 70.7 Å². The van der Waals surface area contributed by atoms with E-state index >= 15 is 0 Å². The first-order chi connectivity index (χ1) is 13.2. The van der Waals surface area contributed by atoms with Gasteiger partial charge in [0, 0.05) is 13.1 Å². The van der Waals surface area contributed by atoms with E-state index in [1.165, 1.54) is 0 Å². The van der Waals surface area contributed by atoms with Crippen LogP contribution in [0.5, 0.6) is 0 Å². The Bertz CT molecular complexity index is 870. The highest BCUT2D eigenvalue weighted by Crippen LogP contribution is 2.51. The summed E-state index contributed by atoms with van der Waals surface area (Å²) in [4.78, 5) is 12.0. The van der Waals surface area contributed by atoms with Gasteiger partial charge in [-0.25, -0.2) is 8.42 Å². The fraction of sp³-hybridized carbons (Fsp3) is 0.923. The maximum Gasteiger partial charge on any atom is 0.439 e. The number of sulfonamides is 1. The van der Waals surface area contributed by atoms with Gasteiger partial charge in [0.1, 0.15) is 9.53 Å². The lowest BCUT2D eigenvalue weighted by Crippen LogP contribution is -2.63. The van der Waals surface area contributed by atoms with Crippen LogP contribution in [0.3, 0.4) is 0 Å². The van der Waals surface area contributed by atoms with Crippen molar-refractivity contribution in [1.29, 1.82) is 0 Å². The first-order valence-electron chi connectivity index (χ1n) is 8.17. The molecule has 17 heteroatoms. The fourth-order valence-corrected chi connectivity index (χ4v) is 4.38. The number of nitrogens with zero attached hydrogens (tertiary/aromatic N) is 1. The molecular weight excluding hydrogens is 587 g/mol. The zero-order valence-electron chi connectivity index (χ0n) is 15.4. The highest BCUT2D eigenvalue weighted by atomic mass is 127. The van der Waals surface area contributed by atoms with Crippen LogP contribution in [0, 0.1) is 0 Å². The third-order valence-electron chi connectivity index (χ3n) is 4.48. The summed E-state index contributed by atoms with van der Waals surface area (Å²) in [5, 5.41) is -13.4. The molecule has 1 aliphatic heterocycles. The molecular formula is C13H18F6INO7S2. The van der Waals surface area contributed by atoms with Gasteiger partial charge in [0.05, 0.1) is 0 Å². The lowest BCUT2D eigenvalue weighted by atomic mass is 10.1. The van der Waals surface area contributed by atoms with E-state index in [0.29, 0.717) is 6.42 Å². The quantitative estimate of drug-likeness (QED) is 0.149. The smallest absolute Gasteiger partial charge is 0.439 e. The number of hydrogen-bond donors (Lipinski definition) is 1. The molecule has 1 N–H and O–H groups in total. The molecule has 0 aromatic carbocycles. The number of alkyl halides is 7. The Morgan fingerprint density at radius 1 is 1.07 bits per heavy atom. The van der Waals surface area contributed by atoms with Crippen molar-refractivity contribution in [3.8, 4) is 0 Å². The topological polar surface area (TPSA) is 118 Å². The zero-order valence-corrected chi connectivity index (χ0v) is 19.2. The molecule has 0 bridgehead atoms. The Morgan fingerprint density at radius 3 is 1.87 bits per heavy atom. The minimum Gasteiger partial charge on any atom is -0.461 e. The molecule has 0 aromatic heterocycles. The number of ether oxygens (including phenoxy) is 1. The Kier molecular flexibility index (Phi) is 7.84. The molecule has 1 saturated heterocycles. The number of hydrogen-bond acceptors (Lipinski definition) is 6. The SMILES string of the molecule is CCC(C)(I)C(=O)OC1CCN(S(=O)(=O)C(F)(F)C(F)(F)C(F)(F)S(=O)(=O)O)CC1. The fourth-order valence-electron chi connectivity index (χ4n) is 2.26. The lowest BCUT2D eigenvalue weighted by Gasteiger charge is -2.37. The van der Waals surface area contributed by atoms with Crippen LogP contribution >= 0.6 is 22.6 Å². The average Bonchev–Trinajstić information content (AvgIpc) is 2.60. The van der Waals surface area contributed by atoms with Crippen molar-refractivity contribution in [3.05, 3.63) is 0 Å². The van der Waals surface area contributed by atoms with E-state index in [-0.39, 0.29) is 4.31 Å². The molecule has 0 saturated carbocycles. The Labute approximate surface area is 182 Å². The van der Waals surface area contributed by atoms with Gasteiger partial charge < -0.3 is 4.74 Å². The number of carbonyl (C=O) groups is 1. The van der Waals surface area contributed by atoms with Gasteiger partial charge in [0.2, 0.25) is 0 Å². The van der Waals surface area contributed by atoms with Crippen molar-refractivity contribution in [2.24, 2.45) is 0 Å². The average molecular weight is 605 g/mol. The highest BCUT2D eigenvalue weighted by molar-refractivity contribution is 14.1. The summed E-state index contributed by atoms with van der Waals surface area (Å²) >= 11 is 1.81. The summed E-state index contributed by atoms with van der Waals surface area (Å²) in [6.07, 6.45) is -1.34. The van der Waals surface area contributed by atoms with Gasteiger partial charge in [-0.05, 0) is 26.2 Å². The summed E-state index contributed by atoms with van der Waals surface area (Å²) in [7, 11) is -13.6. The van der Waals surface area contributed by atoms with Crippen LogP contribution in [0.25, 0.3) is 0 Å². The largest absolute Gasteiger partial charge is 0.461 e. The van der Waals surface area contributed by atoms with Gasteiger partial charge in [-0.1, -0.05) is 29.5 Å². The molecule has 1 atom stereocenters. The minimum absolute atomic E-state index is 0.228.